The summed E-state index contributed by atoms with van der Waals surface area (Å²) in [5.74, 6) is 0. The molecule has 0 radical (unpaired) electrons. The van der Waals surface area contributed by atoms with E-state index in [-0.39, 0.29) is 10.6 Å². The number of aliphatic imine (C=N–C) groups is 1. The highest BCUT2D eigenvalue weighted by molar-refractivity contribution is 5.94. The van der Waals surface area contributed by atoms with Crippen molar-refractivity contribution in [3.8, 4) is 28.2 Å². The molecule has 0 fully saturated rings. The van der Waals surface area contributed by atoms with E-state index in [9.17, 15) is 10.1 Å². The highest BCUT2D eigenvalue weighted by Crippen LogP contribution is 2.36. The topological polar surface area (TPSA) is 60.4 Å². The summed E-state index contributed by atoms with van der Waals surface area (Å²) in [6.07, 6.45) is 2.89. The second kappa shape index (κ2) is 10.2. The summed E-state index contributed by atoms with van der Waals surface area (Å²) < 4.78 is 2.15. The van der Waals surface area contributed by atoms with Crippen molar-refractivity contribution in [2.24, 2.45) is 4.99 Å². The quantitative estimate of drug-likeness (QED) is 0.137. The van der Waals surface area contributed by atoms with Gasteiger partial charge < -0.3 is 4.57 Å². The Balaban J connectivity index is 1.73. The molecule has 0 aliphatic heterocycles. The molecule has 0 atom stereocenters. The molecule has 0 aliphatic carbocycles. The Bertz CT molecular complexity index is 1500. The normalized spacial score (nSPS) is 11.1. The smallest absolute Gasteiger partial charge is 0.269 e. The molecule has 0 aliphatic rings. The number of non-ortho nitro benzene ring substituents is 1. The Kier molecular flexibility index (Phi) is 6.54. The average Bonchev–Trinajstić information content (AvgIpc) is 3.32. The van der Waals surface area contributed by atoms with Gasteiger partial charge >= 0.3 is 0 Å². The van der Waals surface area contributed by atoms with E-state index in [4.69, 9.17) is 4.99 Å². The van der Waals surface area contributed by atoms with Gasteiger partial charge in [0.15, 0.2) is 0 Å². The van der Waals surface area contributed by atoms with Crippen molar-refractivity contribution in [2.45, 2.75) is 13.3 Å². The molecule has 4 aromatic carbocycles. The van der Waals surface area contributed by atoms with Gasteiger partial charge in [-0.2, -0.15) is 0 Å². The minimum Gasteiger partial charge on any atom is -0.309 e. The van der Waals surface area contributed by atoms with Crippen molar-refractivity contribution in [1.82, 2.24) is 4.57 Å². The van der Waals surface area contributed by atoms with Crippen molar-refractivity contribution in [3.63, 3.8) is 0 Å². The van der Waals surface area contributed by atoms with Crippen LogP contribution in [0.4, 0.5) is 11.4 Å². The third kappa shape index (κ3) is 4.72. The Hall–Kier alpha value is -4.77. The monoisotopic (exact) mass is 471 g/mol. The molecule has 176 valence electrons. The molecule has 0 spiro atoms. The average molecular weight is 472 g/mol. The van der Waals surface area contributed by atoms with Crippen LogP contribution in [0.25, 0.3) is 28.2 Å². The zero-order valence-corrected chi connectivity index (χ0v) is 19.9. The fourth-order valence-electron chi connectivity index (χ4n) is 4.29. The lowest BCUT2D eigenvalue weighted by Gasteiger charge is -2.15. The Morgan fingerprint density at radius 1 is 0.806 bits per heavy atom. The molecule has 0 saturated heterocycles. The van der Waals surface area contributed by atoms with Gasteiger partial charge in [0.25, 0.3) is 5.69 Å². The van der Waals surface area contributed by atoms with E-state index < -0.39 is 0 Å². The van der Waals surface area contributed by atoms with Gasteiger partial charge in [0.05, 0.1) is 22.0 Å². The van der Waals surface area contributed by atoms with E-state index in [1.54, 1.807) is 24.3 Å². The van der Waals surface area contributed by atoms with Gasteiger partial charge in [-0.25, -0.2) is 0 Å². The summed E-state index contributed by atoms with van der Waals surface area (Å²) in [5.41, 5.74) is 8.03. The number of hydrogen-bond donors (Lipinski definition) is 0. The zero-order chi connectivity index (χ0) is 24.9. The number of nitro groups is 1. The second-order valence-electron chi connectivity index (χ2n) is 8.45. The summed E-state index contributed by atoms with van der Waals surface area (Å²) in [5, 5.41) is 11.3. The molecule has 0 amide bonds. The standard InChI is InChI=1S/C31H25N3O2/c1-2-23-13-15-27(16-14-23)32-22-26-21-30(24-9-5-3-6-10-24)33(31(26)25-11-7-4-8-12-25)28-17-19-29(20-18-28)34(35)36/h3-22H,2H2,1H3. The lowest BCUT2D eigenvalue weighted by molar-refractivity contribution is -0.384. The summed E-state index contributed by atoms with van der Waals surface area (Å²) in [7, 11) is 0. The van der Waals surface area contributed by atoms with Gasteiger partial charge in [0, 0.05) is 29.6 Å². The Labute approximate surface area is 210 Å². The molecule has 5 nitrogen and oxygen atoms in total. The SMILES string of the molecule is CCc1ccc(N=Cc2cc(-c3ccccc3)n(-c3ccc([N+](=O)[O-])cc3)c2-c2ccccc2)cc1. The predicted molar refractivity (Wildman–Crippen MR) is 146 cm³/mol. The molecule has 1 heterocycles. The molecule has 0 unspecified atom stereocenters. The molecule has 5 rings (SSSR count). The first-order valence-corrected chi connectivity index (χ1v) is 11.9. The number of nitrogens with zero attached hydrogens (tertiary/aromatic N) is 3. The van der Waals surface area contributed by atoms with Gasteiger partial charge in [0.2, 0.25) is 0 Å². The number of rotatable bonds is 7. The highest BCUT2D eigenvalue weighted by Gasteiger charge is 2.19. The minimum absolute atomic E-state index is 0.0609. The van der Waals surface area contributed by atoms with E-state index in [2.05, 4.69) is 54.0 Å². The summed E-state index contributed by atoms with van der Waals surface area (Å²) in [6, 6.07) is 37.3. The van der Waals surface area contributed by atoms with E-state index in [1.165, 1.54) is 5.56 Å². The predicted octanol–water partition coefficient (Wildman–Crippen LogP) is 8.03. The first-order chi connectivity index (χ1) is 17.6. The first-order valence-electron chi connectivity index (χ1n) is 11.9. The molecule has 36 heavy (non-hydrogen) atoms. The maximum atomic E-state index is 11.3. The van der Waals surface area contributed by atoms with Gasteiger partial charge in [-0.3, -0.25) is 15.1 Å². The molecule has 0 bridgehead atoms. The fraction of sp³-hybridized carbons (Fsp3) is 0.0645. The number of benzene rings is 4. The van der Waals surface area contributed by atoms with Crippen LogP contribution in [0.1, 0.15) is 18.1 Å². The molecule has 5 aromatic rings. The molecule has 5 heteroatoms. The molecule has 0 saturated carbocycles. The van der Waals surface area contributed by atoms with Gasteiger partial charge in [-0.05, 0) is 53.4 Å². The van der Waals surface area contributed by atoms with Crippen LogP contribution in [-0.4, -0.2) is 15.7 Å². The summed E-state index contributed by atoms with van der Waals surface area (Å²) in [4.78, 5) is 15.7. The summed E-state index contributed by atoms with van der Waals surface area (Å²) in [6.45, 7) is 2.14. The summed E-state index contributed by atoms with van der Waals surface area (Å²) >= 11 is 0. The van der Waals surface area contributed by atoms with Crippen LogP contribution in [0, 0.1) is 10.1 Å². The fourth-order valence-corrected chi connectivity index (χ4v) is 4.29. The van der Waals surface area contributed by atoms with Crippen LogP contribution in [0.3, 0.4) is 0 Å². The number of aryl methyl sites for hydroxylation is 1. The van der Waals surface area contributed by atoms with Crippen LogP contribution in [0.5, 0.6) is 0 Å². The molecule has 1 aromatic heterocycles. The minimum atomic E-state index is -0.377. The highest BCUT2D eigenvalue weighted by atomic mass is 16.6. The van der Waals surface area contributed by atoms with E-state index in [0.29, 0.717) is 0 Å². The number of aromatic nitrogens is 1. The van der Waals surface area contributed by atoms with E-state index in [0.717, 1.165) is 45.9 Å². The number of hydrogen-bond acceptors (Lipinski definition) is 3. The first kappa shape index (κ1) is 23.0. The zero-order valence-electron chi connectivity index (χ0n) is 19.9. The Morgan fingerprint density at radius 2 is 1.42 bits per heavy atom. The van der Waals surface area contributed by atoms with Crippen molar-refractivity contribution in [1.29, 1.82) is 0 Å². The molecular formula is C31H25N3O2. The maximum absolute atomic E-state index is 11.3. The lowest BCUT2D eigenvalue weighted by atomic mass is 10.1. The van der Waals surface area contributed by atoms with Crippen LogP contribution in [-0.2, 0) is 6.42 Å². The van der Waals surface area contributed by atoms with Crippen LogP contribution >= 0.6 is 0 Å². The molecule has 0 N–H and O–H groups in total. The van der Waals surface area contributed by atoms with Crippen LogP contribution in [0.2, 0.25) is 0 Å². The van der Waals surface area contributed by atoms with Gasteiger partial charge in [-0.15, -0.1) is 0 Å². The third-order valence-corrected chi connectivity index (χ3v) is 6.16. The second-order valence-corrected chi connectivity index (χ2v) is 8.45. The van der Waals surface area contributed by atoms with E-state index >= 15 is 0 Å². The van der Waals surface area contributed by atoms with E-state index in [1.807, 2.05) is 54.7 Å². The largest absolute Gasteiger partial charge is 0.309 e. The van der Waals surface area contributed by atoms with Crippen molar-refractivity contribution >= 4 is 17.6 Å². The van der Waals surface area contributed by atoms with Crippen molar-refractivity contribution < 1.29 is 4.92 Å². The maximum Gasteiger partial charge on any atom is 0.269 e. The van der Waals surface area contributed by atoms with Crippen molar-refractivity contribution in [3.05, 3.63) is 137 Å². The number of nitro benzene ring substituents is 1. The van der Waals surface area contributed by atoms with Crippen LogP contribution < -0.4 is 0 Å². The molecular weight excluding hydrogens is 446 g/mol. The Morgan fingerprint density at radius 3 is 2.00 bits per heavy atom. The van der Waals surface area contributed by atoms with Gasteiger partial charge in [0.1, 0.15) is 0 Å². The van der Waals surface area contributed by atoms with Crippen LogP contribution in [0.15, 0.2) is 120 Å². The van der Waals surface area contributed by atoms with Gasteiger partial charge in [-0.1, -0.05) is 79.7 Å². The lowest BCUT2D eigenvalue weighted by Crippen LogP contribution is -2.01. The van der Waals surface area contributed by atoms with Crippen molar-refractivity contribution in [2.75, 3.05) is 0 Å². The third-order valence-electron chi connectivity index (χ3n) is 6.16.